The van der Waals surface area contributed by atoms with Crippen molar-refractivity contribution in [2.24, 2.45) is 0 Å². The van der Waals surface area contributed by atoms with E-state index in [1.807, 2.05) is 0 Å². The van der Waals surface area contributed by atoms with E-state index in [1.165, 1.54) is 17.2 Å². The summed E-state index contributed by atoms with van der Waals surface area (Å²) in [6.45, 7) is 9.14. The molecule has 0 saturated carbocycles. The van der Waals surface area contributed by atoms with E-state index in [4.69, 9.17) is 9.47 Å². The van der Waals surface area contributed by atoms with Crippen molar-refractivity contribution in [2.75, 3.05) is 11.5 Å². The minimum atomic E-state index is -0.723. The number of hydrogen-bond acceptors (Lipinski definition) is 5. The summed E-state index contributed by atoms with van der Waals surface area (Å²) in [5, 5.41) is 6.81. The number of aromatic nitrogens is 3. The molecule has 0 atom stereocenters. The molecule has 8 heteroatoms. The number of hydrogen-bond donors (Lipinski definition) is 1. The van der Waals surface area contributed by atoms with Crippen LogP contribution >= 0.6 is 0 Å². The lowest BCUT2D eigenvalue weighted by atomic mass is 10.2. The van der Waals surface area contributed by atoms with E-state index < -0.39 is 17.5 Å². The summed E-state index contributed by atoms with van der Waals surface area (Å²) in [7, 11) is 0. The quantitative estimate of drug-likeness (QED) is 0.920. The topological polar surface area (TPSA) is 80.3 Å². The standard InChI is InChI=1S/C16H21FN4O3/c1-6-23-14-13(10(2)19-20-14)21(15(22)24-16(3,4)5)12-7-11(17)8-18-9-12/h7-9H,6H2,1-5H3,(H,19,20). The maximum absolute atomic E-state index is 13.6. The summed E-state index contributed by atoms with van der Waals surface area (Å²) in [4.78, 5) is 17.7. The van der Waals surface area contributed by atoms with Crippen molar-refractivity contribution in [1.82, 2.24) is 15.2 Å². The molecule has 2 heterocycles. The Kier molecular flexibility index (Phi) is 5.06. The average molecular weight is 336 g/mol. The number of carbonyl (C=O) groups is 1. The molecule has 0 spiro atoms. The number of aromatic amines is 1. The number of anilines is 2. The van der Waals surface area contributed by atoms with Crippen LogP contribution in [-0.4, -0.2) is 33.5 Å². The molecule has 1 amide bonds. The number of H-pyrrole nitrogens is 1. The Balaban J connectivity index is 2.55. The molecular formula is C16H21FN4O3. The van der Waals surface area contributed by atoms with Gasteiger partial charge in [-0.15, -0.1) is 5.10 Å². The van der Waals surface area contributed by atoms with Crippen molar-refractivity contribution >= 4 is 17.5 Å². The Hall–Kier alpha value is -2.64. The first-order valence-corrected chi connectivity index (χ1v) is 7.54. The van der Waals surface area contributed by atoms with E-state index in [-0.39, 0.29) is 11.6 Å². The van der Waals surface area contributed by atoms with Gasteiger partial charge >= 0.3 is 6.09 Å². The van der Waals surface area contributed by atoms with Crippen molar-refractivity contribution in [3.63, 3.8) is 0 Å². The number of nitrogens with zero attached hydrogens (tertiary/aromatic N) is 3. The molecule has 0 aliphatic heterocycles. The fraction of sp³-hybridized carbons (Fsp3) is 0.438. The van der Waals surface area contributed by atoms with Crippen LogP contribution in [0.1, 0.15) is 33.4 Å². The van der Waals surface area contributed by atoms with Crippen LogP contribution in [0.5, 0.6) is 5.88 Å². The number of aryl methyl sites for hydroxylation is 1. The zero-order chi connectivity index (χ0) is 17.9. The zero-order valence-electron chi connectivity index (χ0n) is 14.4. The van der Waals surface area contributed by atoms with Gasteiger partial charge in [0.2, 0.25) is 0 Å². The smallest absolute Gasteiger partial charge is 0.419 e. The third kappa shape index (κ3) is 4.01. The van der Waals surface area contributed by atoms with Gasteiger partial charge in [-0.2, -0.15) is 0 Å². The molecular weight excluding hydrogens is 315 g/mol. The molecule has 0 fully saturated rings. The highest BCUT2D eigenvalue weighted by Gasteiger charge is 2.30. The van der Waals surface area contributed by atoms with E-state index in [1.54, 1.807) is 34.6 Å². The molecule has 0 radical (unpaired) electrons. The first kappa shape index (κ1) is 17.7. The fourth-order valence-corrected chi connectivity index (χ4v) is 2.06. The highest BCUT2D eigenvalue weighted by Crippen LogP contribution is 2.36. The molecule has 0 aromatic carbocycles. The third-order valence-corrected chi connectivity index (χ3v) is 2.91. The zero-order valence-corrected chi connectivity index (χ0v) is 14.4. The molecule has 2 rings (SSSR count). The minimum Gasteiger partial charge on any atom is -0.475 e. The number of carbonyl (C=O) groups excluding carboxylic acids is 1. The first-order chi connectivity index (χ1) is 11.2. The number of ether oxygens (including phenoxy) is 2. The van der Waals surface area contributed by atoms with Crippen LogP contribution in [0.25, 0.3) is 0 Å². The van der Waals surface area contributed by atoms with Crippen molar-refractivity contribution in [1.29, 1.82) is 0 Å². The van der Waals surface area contributed by atoms with Crippen molar-refractivity contribution in [3.8, 4) is 5.88 Å². The normalized spacial score (nSPS) is 11.2. The Morgan fingerprint density at radius 2 is 2.08 bits per heavy atom. The van der Waals surface area contributed by atoms with Gasteiger partial charge in [0.05, 0.1) is 30.4 Å². The number of rotatable bonds is 4. The number of pyridine rings is 1. The molecule has 7 nitrogen and oxygen atoms in total. The highest BCUT2D eigenvalue weighted by atomic mass is 19.1. The second-order valence-electron chi connectivity index (χ2n) is 6.11. The van der Waals surface area contributed by atoms with Gasteiger partial charge in [-0.05, 0) is 34.6 Å². The van der Waals surface area contributed by atoms with Crippen LogP contribution < -0.4 is 9.64 Å². The summed E-state index contributed by atoms with van der Waals surface area (Å²) < 4.78 is 24.5. The largest absolute Gasteiger partial charge is 0.475 e. The van der Waals surface area contributed by atoms with E-state index in [9.17, 15) is 9.18 Å². The highest BCUT2D eigenvalue weighted by molar-refractivity contribution is 5.98. The molecule has 24 heavy (non-hydrogen) atoms. The van der Waals surface area contributed by atoms with E-state index in [0.717, 1.165) is 6.20 Å². The van der Waals surface area contributed by atoms with Crippen molar-refractivity contribution in [2.45, 2.75) is 40.2 Å². The van der Waals surface area contributed by atoms with E-state index in [2.05, 4.69) is 15.2 Å². The fourth-order valence-electron chi connectivity index (χ4n) is 2.06. The van der Waals surface area contributed by atoms with E-state index in [0.29, 0.717) is 18.0 Å². The number of amides is 1. The molecule has 1 N–H and O–H groups in total. The maximum atomic E-state index is 13.6. The van der Waals surface area contributed by atoms with Gasteiger partial charge < -0.3 is 9.47 Å². The molecule has 0 bridgehead atoms. The maximum Gasteiger partial charge on any atom is 0.419 e. The van der Waals surface area contributed by atoms with Crippen LogP contribution in [-0.2, 0) is 4.74 Å². The Labute approximate surface area is 139 Å². The molecule has 2 aromatic rings. The lowest BCUT2D eigenvalue weighted by Crippen LogP contribution is -2.34. The summed E-state index contributed by atoms with van der Waals surface area (Å²) >= 11 is 0. The van der Waals surface area contributed by atoms with Crippen LogP contribution in [0.2, 0.25) is 0 Å². The third-order valence-electron chi connectivity index (χ3n) is 2.91. The van der Waals surface area contributed by atoms with Crippen LogP contribution in [0.4, 0.5) is 20.6 Å². The molecule has 0 aliphatic rings. The van der Waals surface area contributed by atoms with Gasteiger partial charge in [0.1, 0.15) is 17.1 Å². The van der Waals surface area contributed by atoms with Gasteiger partial charge in [0, 0.05) is 6.07 Å². The molecule has 0 aliphatic carbocycles. The lowest BCUT2D eigenvalue weighted by Gasteiger charge is -2.27. The van der Waals surface area contributed by atoms with E-state index >= 15 is 0 Å². The predicted octanol–water partition coefficient (Wildman–Crippen LogP) is 3.72. The molecule has 130 valence electrons. The minimum absolute atomic E-state index is 0.217. The van der Waals surface area contributed by atoms with Gasteiger partial charge in [-0.3, -0.25) is 10.1 Å². The second-order valence-corrected chi connectivity index (χ2v) is 6.11. The van der Waals surface area contributed by atoms with Gasteiger partial charge in [0.25, 0.3) is 5.88 Å². The number of halogens is 1. The number of nitrogens with one attached hydrogen (secondary N) is 1. The molecule has 0 unspecified atom stereocenters. The average Bonchev–Trinajstić information content (AvgIpc) is 2.80. The Bertz CT molecular complexity index is 724. The Morgan fingerprint density at radius 1 is 1.38 bits per heavy atom. The monoisotopic (exact) mass is 336 g/mol. The van der Waals surface area contributed by atoms with Gasteiger partial charge in [-0.1, -0.05) is 0 Å². The predicted molar refractivity (Wildman–Crippen MR) is 87.1 cm³/mol. The van der Waals surface area contributed by atoms with Crippen LogP contribution in [0.3, 0.4) is 0 Å². The Morgan fingerprint density at radius 3 is 2.67 bits per heavy atom. The molecule has 0 saturated heterocycles. The van der Waals surface area contributed by atoms with Crippen LogP contribution in [0, 0.1) is 12.7 Å². The van der Waals surface area contributed by atoms with Gasteiger partial charge in [-0.25, -0.2) is 14.1 Å². The van der Waals surface area contributed by atoms with Crippen molar-refractivity contribution < 1.29 is 18.7 Å². The molecule has 2 aromatic heterocycles. The summed E-state index contributed by atoms with van der Waals surface area (Å²) in [6, 6.07) is 1.19. The lowest BCUT2D eigenvalue weighted by molar-refractivity contribution is 0.0598. The first-order valence-electron chi connectivity index (χ1n) is 7.54. The summed E-state index contributed by atoms with van der Waals surface area (Å²) in [5.74, 6) is -0.342. The van der Waals surface area contributed by atoms with Crippen molar-refractivity contribution in [3.05, 3.63) is 30.0 Å². The second kappa shape index (κ2) is 6.86. The SMILES string of the molecule is CCOc1n[nH]c(C)c1N(C(=O)OC(C)(C)C)c1cncc(F)c1. The van der Waals surface area contributed by atoms with Crippen LogP contribution in [0.15, 0.2) is 18.5 Å². The summed E-state index contributed by atoms with van der Waals surface area (Å²) in [5.41, 5.74) is 0.432. The van der Waals surface area contributed by atoms with Gasteiger partial charge in [0.15, 0.2) is 0 Å². The summed E-state index contributed by atoms with van der Waals surface area (Å²) in [6.07, 6.45) is 1.75.